The van der Waals surface area contributed by atoms with E-state index in [1.54, 1.807) is 0 Å². The van der Waals surface area contributed by atoms with E-state index in [0.717, 1.165) is 0 Å². The number of hydrogen-bond acceptors (Lipinski definition) is 4. The van der Waals surface area contributed by atoms with E-state index in [9.17, 15) is 9.90 Å². The van der Waals surface area contributed by atoms with Crippen molar-refractivity contribution >= 4 is 6.09 Å². The van der Waals surface area contributed by atoms with Crippen LogP contribution in [-0.4, -0.2) is 42.2 Å². The number of carbonyl (C=O) groups is 1. The molecule has 2 aromatic carbocycles. The topological polar surface area (TPSA) is 67.8 Å². The molecule has 0 radical (unpaired) electrons. The van der Waals surface area contributed by atoms with Crippen LogP contribution >= 0.6 is 0 Å². The van der Waals surface area contributed by atoms with Crippen molar-refractivity contribution in [3.63, 3.8) is 0 Å². The summed E-state index contributed by atoms with van der Waals surface area (Å²) in [6, 6.07) is 16.6. The first-order chi connectivity index (χ1) is 12.6. The second-order valence-electron chi connectivity index (χ2n) is 7.71. The summed E-state index contributed by atoms with van der Waals surface area (Å²) in [5.74, 6) is 0.0587. The number of benzene rings is 2. The van der Waals surface area contributed by atoms with Crippen molar-refractivity contribution in [2.24, 2.45) is 0 Å². The van der Waals surface area contributed by atoms with E-state index in [-0.39, 0.29) is 18.1 Å². The number of aliphatic hydroxyl groups excluding tert-OH is 1. The Balaban J connectivity index is 1.28. The molecule has 2 saturated heterocycles. The monoisotopic (exact) mass is 351 g/mol. The molecule has 0 aromatic heterocycles. The van der Waals surface area contributed by atoms with Gasteiger partial charge in [-0.1, -0.05) is 48.5 Å². The van der Waals surface area contributed by atoms with E-state index >= 15 is 0 Å². The maximum absolute atomic E-state index is 12.4. The fourth-order valence-electron chi connectivity index (χ4n) is 4.81. The lowest BCUT2D eigenvalue weighted by molar-refractivity contribution is -0.0499. The van der Waals surface area contributed by atoms with Gasteiger partial charge in [0.05, 0.1) is 24.4 Å². The Bertz CT molecular complexity index is 826. The summed E-state index contributed by atoms with van der Waals surface area (Å²) >= 11 is 0. The molecule has 0 unspecified atom stereocenters. The van der Waals surface area contributed by atoms with Crippen LogP contribution in [0.3, 0.4) is 0 Å². The third-order valence-corrected chi connectivity index (χ3v) is 5.97. The van der Waals surface area contributed by atoms with Crippen LogP contribution in [0.2, 0.25) is 0 Å². The van der Waals surface area contributed by atoms with Gasteiger partial charge in [-0.15, -0.1) is 0 Å². The molecule has 2 heterocycles. The van der Waals surface area contributed by atoms with Crippen LogP contribution in [0.15, 0.2) is 48.5 Å². The molecular weight excluding hydrogens is 330 g/mol. The first kappa shape index (κ1) is 15.9. The van der Waals surface area contributed by atoms with Crippen molar-refractivity contribution < 1.29 is 19.4 Å². The van der Waals surface area contributed by atoms with E-state index < -0.39 is 11.7 Å². The highest BCUT2D eigenvalue weighted by Gasteiger charge is 2.63. The third-order valence-electron chi connectivity index (χ3n) is 5.97. The number of fused-ring (bicyclic) bond motifs is 4. The number of ether oxygens (including phenoxy) is 2. The average Bonchev–Trinajstić information content (AvgIpc) is 3.28. The maximum atomic E-state index is 12.4. The molecule has 5 heteroatoms. The number of carbonyl (C=O) groups excluding carboxylic acids is 1. The summed E-state index contributed by atoms with van der Waals surface area (Å²) in [7, 11) is 0. The molecule has 2 N–H and O–H groups in total. The van der Waals surface area contributed by atoms with Gasteiger partial charge in [0.1, 0.15) is 6.61 Å². The summed E-state index contributed by atoms with van der Waals surface area (Å²) in [5, 5.41) is 12.3. The van der Waals surface area contributed by atoms with Crippen LogP contribution < -0.4 is 5.32 Å². The maximum Gasteiger partial charge on any atom is 0.407 e. The molecule has 1 saturated carbocycles. The van der Waals surface area contributed by atoms with E-state index in [4.69, 9.17) is 9.47 Å². The lowest BCUT2D eigenvalue weighted by atomic mass is 9.69. The molecule has 5 nitrogen and oxygen atoms in total. The van der Waals surface area contributed by atoms with Gasteiger partial charge in [0.2, 0.25) is 0 Å². The molecule has 4 aliphatic rings. The Morgan fingerprint density at radius 2 is 1.73 bits per heavy atom. The Labute approximate surface area is 151 Å². The first-order valence-electron chi connectivity index (χ1n) is 9.02. The quantitative estimate of drug-likeness (QED) is 0.889. The molecular formula is C21H21NO4. The van der Waals surface area contributed by atoms with Gasteiger partial charge in [-0.2, -0.15) is 0 Å². The van der Waals surface area contributed by atoms with Crippen molar-refractivity contribution in [3.05, 3.63) is 59.7 Å². The number of hydrogen-bond donors (Lipinski definition) is 2. The highest BCUT2D eigenvalue weighted by molar-refractivity contribution is 5.79. The summed E-state index contributed by atoms with van der Waals surface area (Å²) in [4.78, 5) is 12.4. The van der Waals surface area contributed by atoms with Crippen LogP contribution in [0, 0.1) is 0 Å². The molecule has 2 aliphatic heterocycles. The van der Waals surface area contributed by atoms with Crippen LogP contribution in [-0.2, 0) is 9.47 Å². The van der Waals surface area contributed by atoms with Gasteiger partial charge in [-0.05, 0) is 22.3 Å². The van der Waals surface area contributed by atoms with Crippen molar-refractivity contribution in [1.29, 1.82) is 0 Å². The summed E-state index contributed by atoms with van der Waals surface area (Å²) in [6.45, 7) is 0.751. The number of amides is 1. The highest BCUT2D eigenvalue weighted by Crippen LogP contribution is 2.51. The van der Waals surface area contributed by atoms with Crippen molar-refractivity contribution in [2.75, 3.05) is 19.8 Å². The zero-order valence-electron chi connectivity index (χ0n) is 14.4. The van der Waals surface area contributed by atoms with Gasteiger partial charge in [0, 0.05) is 18.8 Å². The van der Waals surface area contributed by atoms with Gasteiger partial charge < -0.3 is 19.9 Å². The third kappa shape index (κ3) is 2.27. The van der Waals surface area contributed by atoms with Gasteiger partial charge in [-0.3, -0.25) is 0 Å². The standard InChI is InChI=1S/C21H21NO4/c23-12-21-10-20(11-21,13-26-21)22-19(24)25-9-18-16-7-3-1-5-14(16)15-6-2-4-8-17(15)18/h1-8,18,23H,9-13H2,(H,22,24). The molecule has 2 aromatic rings. The van der Waals surface area contributed by atoms with Gasteiger partial charge in [0.15, 0.2) is 0 Å². The highest BCUT2D eigenvalue weighted by atomic mass is 16.6. The summed E-state index contributed by atoms with van der Waals surface area (Å²) < 4.78 is 11.2. The zero-order chi connectivity index (χ0) is 17.8. The smallest absolute Gasteiger partial charge is 0.407 e. The van der Waals surface area contributed by atoms with Gasteiger partial charge in [-0.25, -0.2) is 4.79 Å². The number of alkyl carbamates (subject to hydrolysis) is 1. The molecule has 2 bridgehead atoms. The van der Waals surface area contributed by atoms with E-state index in [2.05, 4.69) is 29.6 Å². The molecule has 6 rings (SSSR count). The number of nitrogens with one attached hydrogen (secondary N) is 1. The van der Waals surface area contributed by atoms with E-state index in [1.165, 1.54) is 22.3 Å². The lowest BCUT2D eigenvalue weighted by Gasteiger charge is -2.43. The zero-order valence-corrected chi connectivity index (χ0v) is 14.4. The average molecular weight is 351 g/mol. The van der Waals surface area contributed by atoms with Gasteiger partial charge >= 0.3 is 6.09 Å². The minimum Gasteiger partial charge on any atom is -0.449 e. The lowest BCUT2D eigenvalue weighted by Crippen LogP contribution is -2.60. The minimum absolute atomic E-state index is 0.00111. The summed E-state index contributed by atoms with van der Waals surface area (Å²) in [6.07, 6.45) is 0.894. The van der Waals surface area contributed by atoms with Crippen LogP contribution in [0.25, 0.3) is 11.1 Å². The fraction of sp³-hybridized carbons (Fsp3) is 0.381. The molecule has 1 amide bonds. The Kier molecular flexibility index (Phi) is 3.39. The van der Waals surface area contributed by atoms with Crippen molar-refractivity contribution in [2.45, 2.75) is 29.9 Å². The van der Waals surface area contributed by atoms with Gasteiger partial charge in [0.25, 0.3) is 0 Å². The molecule has 0 atom stereocenters. The second kappa shape index (κ2) is 5.56. The minimum atomic E-state index is -0.448. The Morgan fingerprint density at radius 1 is 1.12 bits per heavy atom. The summed E-state index contributed by atoms with van der Waals surface area (Å²) in [5.41, 5.74) is 4.01. The number of aliphatic hydroxyl groups is 1. The van der Waals surface area contributed by atoms with Crippen LogP contribution in [0.5, 0.6) is 0 Å². The normalized spacial score (nSPS) is 28.2. The largest absolute Gasteiger partial charge is 0.449 e. The molecule has 2 aliphatic carbocycles. The molecule has 0 spiro atoms. The van der Waals surface area contributed by atoms with Crippen molar-refractivity contribution in [3.8, 4) is 11.1 Å². The first-order valence-corrected chi connectivity index (χ1v) is 9.02. The fourth-order valence-corrected chi connectivity index (χ4v) is 4.81. The van der Waals surface area contributed by atoms with E-state index in [0.29, 0.717) is 26.1 Å². The van der Waals surface area contributed by atoms with E-state index in [1.807, 2.05) is 24.3 Å². The molecule has 134 valence electrons. The van der Waals surface area contributed by atoms with Crippen molar-refractivity contribution in [1.82, 2.24) is 5.32 Å². The van der Waals surface area contributed by atoms with Crippen LogP contribution in [0.1, 0.15) is 29.9 Å². The Morgan fingerprint density at radius 3 is 2.31 bits per heavy atom. The molecule has 3 fully saturated rings. The predicted octanol–water partition coefficient (Wildman–Crippen LogP) is 2.82. The SMILES string of the molecule is O=C(NC12COC(CO)(C1)C2)OCC1c2ccccc2-c2ccccc21. The van der Waals surface area contributed by atoms with Crippen LogP contribution in [0.4, 0.5) is 4.79 Å². The number of rotatable bonds is 4. The predicted molar refractivity (Wildman–Crippen MR) is 95.9 cm³/mol. The Hall–Kier alpha value is -2.37. The second-order valence-corrected chi connectivity index (χ2v) is 7.71. The molecule has 26 heavy (non-hydrogen) atoms.